The van der Waals surface area contributed by atoms with Crippen LogP contribution in [0.4, 0.5) is 0 Å². The molecule has 0 atom stereocenters. The fourth-order valence-corrected chi connectivity index (χ4v) is 5.58. The minimum atomic E-state index is -0.309. The lowest BCUT2D eigenvalue weighted by Gasteiger charge is -2.12. The van der Waals surface area contributed by atoms with Gasteiger partial charge in [0, 0.05) is 16.7 Å². The molecule has 0 unspecified atom stereocenters. The Labute approximate surface area is 161 Å². The quantitative estimate of drug-likeness (QED) is 0.517. The van der Waals surface area contributed by atoms with Crippen molar-refractivity contribution >= 4 is 39.2 Å². The van der Waals surface area contributed by atoms with Crippen molar-refractivity contribution in [2.75, 3.05) is 5.75 Å². The minimum absolute atomic E-state index is 0.259. The molecular weight excluding hydrogens is 362 g/mol. The standard InChI is InChI=1S/C20H21N3OS2/c21-16(24)12-25-19-18-14-8-4-5-9-15(14)26-20(18)23-17(22-19)11-10-13-6-2-1-3-7-13/h1-3,6-7H,4-5,8-12H2,(H2,21,24). The van der Waals surface area contributed by atoms with Gasteiger partial charge in [-0.2, -0.15) is 0 Å². The molecule has 0 saturated heterocycles. The Kier molecular flexibility index (Phi) is 5.22. The summed E-state index contributed by atoms with van der Waals surface area (Å²) >= 11 is 3.26. The Hall–Kier alpha value is -1.92. The maximum absolute atomic E-state index is 11.3. The second-order valence-electron chi connectivity index (χ2n) is 6.58. The van der Waals surface area contributed by atoms with Crippen LogP contribution in [0.25, 0.3) is 10.2 Å². The lowest BCUT2D eigenvalue weighted by atomic mass is 9.97. The van der Waals surface area contributed by atoms with E-state index >= 15 is 0 Å². The average molecular weight is 384 g/mol. The van der Waals surface area contributed by atoms with Crippen molar-refractivity contribution in [2.45, 2.75) is 43.6 Å². The number of amides is 1. The molecule has 1 aliphatic carbocycles. The first-order valence-corrected chi connectivity index (χ1v) is 10.8. The molecule has 0 saturated carbocycles. The van der Waals surface area contributed by atoms with Crippen LogP contribution in [0.3, 0.4) is 0 Å². The van der Waals surface area contributed by atoms with Gasteiger partial charge in [-0.3, -0.25) is 4.79 Å². The zero-order chi connectivity index (χ0) is 17.9. The number of aromatic nitrogens is 2. The summed E-state index contributed by atoms with van der Waals surface area (Å²) in [5.41, 5.74) is 8.06. The summed E-state index contributed by atoms with van der Waals surface area (Å²) in [6, 6.07) is 10.4. The van der Waals surface area contributed by atoms with Crippen LogP contribution in [0, 0.1) is 0 Å². The minimum Gasteiger partial charge on any atom is -0.369 e. The topological polar surface area (TPSA) is 68.9 Å². The van der Waals surface area contributed by atoms with Crippen molar-refractivity contribution in [3.63, 3.8) is 0 Å². The Balaban J connectivity index is 1.68. The van der Waals surface area contributed by atoms with Gasteiger partial charge in [0.15, 0.2) is 0 Å². The summed E-state index contributed by atoms with van der Waals surface area (Å²) < 4.78 is 0. The number of hydrogen-bond acceptors (Lipinski definition) is 5. The first-order chi connectivity index (χ1) is 12.7. The second kappa shape index (κ2) is 7.76. The van der Waals surface area contributed by atoms with Crippen molar-refractivity contribution in [1.29, 1.82) is 0 Å². The maximum atomic E-state index is 11.3. The van der Waals surface area contributed by atoms with Crippen LogP contribution in [0.15, 0.2) is 35.4 Å². The molecule has 2 N–H and O–H groups in total. The maximum Gasteiger partial charge on any atom is 0.227 e. The van der Waals surface area contributed by atoms with Crippen molar-refractivity contribution in [3.8, 4) is 0 Å². The second-order valence-corrected chi connectivity index (χ2v) is 8.62. The van der Waals surface area contributed by atoms with Crippen LogP contribution in [-0.2, 0) is 30.5 Å². The molecule has 1 aromatic carbocycles. The molecule has 4 rings (SSSR count). The van der Waals surface area contributed by atoms with Gasteiger partial charge in [-0.05, 0) is 43.2 Å². The number of carbonyl (C=O) groups excluding carboxylic acids is 1. The molecule has 0 aliphatic heterocycles. The van der Waals surface area contributed by atoms with Crippen LogP contribution in [0.5, 0.6) is 0 Å². The normalized spacial score (nSPS) is 13.7. The number of fused-ring (bicyclic) bond motifs is 3. The summed E-state index contributed by atoms with van der Waals surface area (Å²) in [6.07, 6.45) is 6.40. The third-order valence-corrected chi connectivity index (χ3v) is 6.84. The Morgan fingerprint density at radius 2 is 1.92 bits per heavy atom. The lowest BCUT2D eigenvalue weighted by molar-refractivity contribution is -0.115. The predicted octanol–water partition coefficient (Wildman–Crippen LogP) is 3.93. The van der Waals surface area contributed by atoms with Gasteiger partial charge in [-0.1, -0.05) is 42.1 Å². The van der Waals surface area contributed by atoms with Gasteiger partial charge < -0.3 is 5.73 Å². The number of thiophene rings is 1. The number of aryl methyl sites for hydroxylation is 4. The molecule has 2 aromatic heterocycles. The highest BCUT2D eigenvalue weighted by Crippen LogP contribution is 2.39. The van der Waals surface area contributed by atoms with E-state index in [1.807, 2.05) is 6.07 Å². The number of nitrogens with two attached hydrogens (primary N) is 1. The van der Waals surface area contributed by atoms with Crippen LogP contribution >= 0.6 is 23.1 Å². The zero-order valence-electron chi connectivity index (χ0n) is 14.5. The van der Waals surface area contributed by atoms with Crippen molar-refractivity contribution in [3.05, 3.63) is 52.2 Å². The molecular formula is C20H21N3OS2. The van der Waals surface area contributed by atoms with Gasteiger partial charge in [0.2, 0.25) is 5.91 Å². The van der Waals surface area contributed by atoms with E-state index in [1.165, 1.54) is 46.0 Å². The van der Waals surface area contributed by atoms with E-state index in [-0.39, 0.29) is 11.7 Å². The number of nitrogens with zero attached hydrogens (tertiary/aromatic N) is 2. The van der Waals surface area contributed by atoms with Gasteiger partial charge in [0.1, 0.15) is 15.7 Å². The number of primary amides is 1. The van der Waals surface area contributed by atoms with Crippen LogP contribution in [0.2, 0.25) is 0 Å². The number of carbonyl (C=O) groups is 1. The molecule has 26 heavy (non-hydrogen) atoms. The fraction of sp³-hybridized carbons (Fsp3) is 0.350. The zero-order valence-corrected chi connectivity index (χ0v) is 16.2. The summed E-state index contributed by atoms with van der Waals surface area (Å²) in [5, 5.41) is 2.09. The highest BCUT2D eigenvalue weighted by Gasteiger charge is 2.21. The number of hydrogen-bond donors (Lipinski definition) is 1. The first-order valence-electron chi connectivity index (χ1n) is 8.97. The molecule has 0 fully saturated rings. The SMILES string of the molecule is NC(=O)CSc1nc(CCc2ccccc2)nc2sc3c(c12)CCCC3. The molecule has 1 aliphatic rings. The van der Waals surface area contributed by atoms with Gasteiger partial charge in [0.25, 0.3) is 0 Å². The summed E-state index contributed by atoms with van der Waals surface area (Å²) in [5.74, 6) is 0.804. The highest BCUT2D eigenvalue weighted by atomic mass is 32.2. The third-order valence-electron chi connectivity index (χ3n) is 4.66. The highest BCUT2D eigenvalue weighted by molar-refractivity contribution is 8.00. The Morgan fingerprint density at radius 1 is 1.12 bits per heavy atom. The van der Waals surface area contributed by atoms with Crippen LogP contribution < -0.4 is 5.73 Å². The number of rotatable bonds is 6. The average Bonchev–Trinajstić information content (AvgIpc) is 3.04. The number of thioether (sulfide) groups is 1. The van der Waals surface area contributed by atoms with Gasteiger partial charge in [-0.25, -0.2) is 9.97 Å². The summed E-state index contributed by atoms with van der Waals surface area (Å²) in [7, 11) is 0. The molecule has 134 valence electrons. The monoisotopic (exact) mass is 383 g/mol. The third kappa shape index (κ3) is 3.76. The fourth-order valence-electron chi connectivity index (χ4n) is 3.42. The van der Waals surface area contributed by atoms with Crippen molar-refractivity contribution < 1.29 is 4.79 Å². The van der Waals surface area contributed by atoms with E-state index in [9.17, 15) is 4.79 Å². The van der Waals surface area contributed by atoms with Crippen LogP contribution in [0.1, 0.15) is 34.7 Å². The first kappa shape index (κ1) is 17.5. The molecule has 2 heterocycles. The summed E-state index contributed by atoms with van der Waals surface area (Å²) in [6.45, 7) is 0. The Bertz CT molecular complexity index is 937. The molecule has 0 spiro atoms. The molecule has 0 bridgehead atoms. The van der Waals surface area contributed by atoms with Crippen molar-refractivity contribution in [2.24, 2.45) is 5.73 Å². The summed E-state index contributed by atoms with van der Waals surface area (Å²) in [4.78, 5) is 23.5. The van der Waals surface area contributed by atoms with E-state index in [0.29, 0.717) is 0 Å². The van der Waals surface area contributed by atoms with Gasteiger partial charge in [0.05, 0.1) is 5.75 Å². The van der Waals surface area contributed by atoms with E-state index in [2.05, 4.69) is 24.3 Å². The van der Waals surface area contributed by atoms with Crippen LogP contribution in [-0.4, -0.2) is 21.6 Å². The van der Waals surface area contributed by atoms with Gasteiger partial charge in [-0.15, -0.1) is 11.3 Å². The largest absolute Gasteiger partial charge is 0.369 e. The van der Waals surface area contributed by atoms with E-state index in [1.54, 1.807) is 11.3 Å². The van der Waals surface area contributed by atoms with E-state index in [4.69, 9.17) is 15.7 Å². The molecule has 0 radical (unpaired) electrons. The van der Waals surface area contributed by atoms with Crippen molar-refractivity contribution in [1.82, 2.24) is 9.97 Å². The molecule has 1 amide bonds. The van der Waals surface area contributed by atoms with Gasteiger partial charge >= 0.3 is 0 Å². The molecule has 3 aromatic rings. The lowest BCUT2D eigenvalue weighted by Crippen LogP contribution is -2.13. The smallest absolute Gasteiger partial charge is 0.227 e. The van der Waals surface area contributed by atoms with E-state index < -0.39 is 0 Å². The molecule has 4 nitrogen and oxygen atoms in total. The predicted molar refractivity (Wildman–Crippen MR) is 108 cm³/mol. The number of benzene rings is 1. The Morgan fingerprint density at radius 3 is 2.73 bits per heavy atom. The van der Waals surface area contributed by atoms with E-state index in [0.717, 1.165) is 41.4 Å². The molecule has 6 heteroatoms.